The average Bonchev–Trinajstić information content (AvgIpc) is 2.77. The number of carbonyl (C=O) groups excluding carboxylic acids is 1. The van der Waals surface area contributed by atoms with Crippen molar-refractivity contribution in [1.29, 1.82) is 5.26 Å². The zero-order valence-corrected chi connectivity index (χ0v) is 16.8. The molecule has 3 rings (SSSR count). The van der Waals surface area contributed by atoms with Gasteiger partial charge in [-0.3, -0.25) is 0 Å². The molecule has 0 atom stereocenters. The quantitative estimate of drug-likeness (QED) is 0.282. The molecule has 0 aliphatic carbocycles. The molecule has 0 saturated heterocycles. The highest BCUT2D eigenvalue weighted by atomic mass is 19.1. The molecule has 5 nitrogen and oxygen atoms in total. The van der Waals surface area contributed by atoms with Crippen LogP contribution in [0.15, 0.2) is 54.9 Å². The van der Waals surface area contributed by atoms with Gasteiger partial charge in [0.05, 0.1) is 11.1 Å². The first-order valence-electron chi connectivity index (χ1n) is 9.94. The summed E-state index contributed by atoms with van der Waals surface area (Å²) in [5, 5.41) is 8.75. The van der Waals surface area contributed by atoms with Crippen LogP contribution in [0.5, 0.6) is 5.75 Å². The van der Waals surface area contributed by atoms with Gasteiger partial charge >= 0.3 is 5.97 Å². The molecule has 0 aliphatic heterocycles. The first kappa shape index (κ1) is 21.1. The maximum absolute atomic E-state index is 13.6. The SMILES string of the molecule is CCCCCCc1cnc(-c2ccc(C(=O)Oc3ccc(C#N)c(F)c3)cc2)nc1. The molecule has 1 heterocycles. The molecule has 0 saturated carbocycles. The molecule has 0 radical (unpaired) electrons. The van der Waals surface area contributed by atoms with Gasteiger partial charge in [0.1, 0.15) is 17.6 Å². The largest absolute Gasteiger partial charge is 0.423 e. The highest BCUT2D eigenvalue weighted by Crippen LogP contribution is 2.20. The van der Waals surface area contributed by atoms with Crippen LogP contribution in [0.2, 0.25) is 0 Å². The maximum atomic E-state index is 13.6. The van der Waals surface area contributed by atoms with E-state index in [1.165, 1.54) is 31.4 Å². The minimum absolute atomic E-state index is 0.0402. The van der Waals surface area contributed by atoms with Gasteiger partial charge < -0.3 is 4.74 Å². The fraction of sp³-hybridized carbons (Fsp3) is 0.250. The molecule has 0 fully saturated rings. The Morgan fingerprint density at radius 2 is 1.80 bits per heavy atom. The van der Waals surface area contributed by atoms with E-state index in [0.29, 0.717) is 11.4 Å². The molecule has 0 amide bonds. The van der Waals surface area contributed by atoms with Crippen LogP contribution in [-0.2, 0) is 6.42 Å². The van der Waals surface area contributed by atoms with E-state index >= 15 is 0 Å². The number of esters is 1. The van der Waals surface area contributed by atoms with Gasteiger partial charge in [0.15, 0.2) is 5.82 Å². The summed E-state index contributed by atoms with van der Waals surface area (Å²) in [5.41, 5.74) is 2.11. The van der Waals surface area contributed by atoms with E-state index in [0.717, 1.165) is 30.0 Å². The van der Waals surface area contributed by atoms with E-state index in [1.54, 1.807) is 30.3 Å². The number of halogens is 1. The fourth-order valence-corrected chi connectivity index (χ4v) is 2.96. The van der Waals surface area contributed by atoms with Crippen LogP contribution in [-0.4, -0.2) is 15.9 Å². The first-order chi connectivity index (χ1) is 14.6. The van der Waals surface area contributed by atoms with Crippen LogP contribution in [0.1, 0.15) is 54.1 Å². The Bertz CT molecular complexity index is 1040. The molecule has 2 aromatic carbocycles. The van der Waals surface area contributed by atoms with Crippen LogP contribution in [0, 0.1) is 17.1 Å². The minimum atomic E-state index is -0.732. The summed E-state index contributed by atoms with van der Waals surface area (Å²) in [5.74, 6) is -0.724. The number of nitrogens with zero attached hydrogens (tertiary/aromatic N) is 3. The zero-order valence-electron chi connectivity index (χ0n) is 16.8. The highest BCUT2D eigenvalue weighted by Gasteiger charge is 2.11. The van der Waals surface area contributed by atoms with Gasteiger partial charge in [0.2, 0.25) is 0 Å². The van der Waals surface area contributed by atoms with Crippen LogP contribution >= 0.6 is 0 Å². The molecule has 0 bridgehead atoms. The second-order valence-electron chi connectivity index (χ2n) is 6.95. The van der Waals surface area contributed by atoms with Crippen LogP contribution in [0.4, 0.5) is 4.39 Å². The number of benzene rings is 2. The van der Waals surface area contributed by atoms with Gasteiger partial charge in [-0.25, -0.2) is 19.2 Å². The summed E-state index contributed by atoms with van der Waals surface area (Å²) in [6, 6.07) is 12.1. The number of rotatable bonds is 8. The number of carbonyl (C=O) groups is 1. The lowest BCUT2D eigenvalue weighted by Gasteiger charge is -2.06. The van der Waals surface area contributed by atoms with Gasteiger partial charge in [-0.2, -0.15) is 5.26 Å². The lowest BCUT2D eigenvalue weighted by Crippen LogP contribution is -2.08. The summed E-state index contributed by atoms with van der Waals surface area (Å²) in [6.07, 6.45) is 9.46. The third-order valence-electron chi connectivity index (χ3n) is 4.67. The Labute approximate surface area is 175 Å². The van der Waals surface area contributed by atoms with E-state index in [-0.39, 0.29) is 11.3 Å². The molecular formula is C24H22FN3O2. The molecule has 6 heteroatoms. The number of hydrogen-bond donors (Lipinski definition) is 0. The van der Waals surface area contributed by atoms with Gasteiger partial charge in [0, 0.05) is 24.0 Å². The predicted octanol–water partition coefficient (Wildman–Crippen LogP) is 5.50. The summed E-state index contributed by atoms with van der Waals surface area (Å²) in [4.78, 5) is 21.1. The molecule has 30 heavy (non-hydrogen) atoms. The number of ether oxygens (including phenoxy) is 1. The molecule has 1 aromatic heterocycles. The second kappa shape index (κ2) is 10.3. The monoisotopic (exact) mass is 403 g/mol. The van der Waals surface area contributed by atoms with E-state index < -0.39 is 11.8 Å². The summed E-state index contributed by atoms with van der Waals surface area (Å²) in [6.45, 7) is 2.19. The van der Waals surface area contributed by atoms with E-state index in [4.69, 9.17) is 10.00 Å². The number of unbranched alkanes of at least 4 members (excludes halogenated alkanes) is 3. The van der Waals surface area contributed by atoms with Crippen molar-refractivity contribution in [1.82, 2.24) is 9.97 Å². The summed E-state index contributed by atoms with van der Waals surface area (Å²) in [7, 11) is 0. The van der Waals surface area contributed by atoms with E-state index in [1.807, 2.05) is 12.4 Å². The molecule has 0 spiro atoms. The van der Waals surface area contributed by atoms with Crippen LogP contribution in [0.3, 0.4) is 0 Å². The highest BCUT2D eigenvalue weighted by molar-refractivity contribution is 5.91. The zero-order chi connectivity index (χ0) is 21.3. The Balaban J connectivity index is 1.62. The number of nitriles is 1. The van der Waals surface area contributed by atoms with Crippen LogP contribution in [0.25, 0.3) is 11.4 Å². The van der Waals surface area contributed by atoms with Gasteiger partial charge in [-0.15, -0.1) is 0 Å². The lowest BCUT2D eigenvalue weighted by molar-refractivity contribution is 0.0734. The van der Waals surface area contributed by atoms with Gasteiger partial charge in [0.25, 0.3) is 0 Å². The molecular weight excluding hydrogens is 381 g/mol. The van der Waals surface area contributed by atoms with Crippen molar-refractivity contribution < 1.29 is 13.9 Å². The molecule has 152 valence electrons. The van der Waals surface area contributed by atoms with Crippen molar-refractivity contribution in [2.75, 3.05) is 0 Å². The smallest absolute Gasteiger partial charge is 0.343 e. The molecule has 0 N–H and O–H groups in total. The van der Waals surface area contributed by atoms with Crippen LogP contribution < -0.4 is 4.74 Å². The summed E-state index contributed by atoms with van der Waals surface area (Å²) >= 11 is 0. The third-order valence-corrected chi connectivity index (χ3v) is 4.67. The Hall–Kier alpha value is -3.59. The molecule has 0 aliphatic rings. The predicted molar refractivity (Wildman–Crippen MR) is 111 cm³/mol. The second-order valence-corrected chi connectivity index (χ2v) is 6.95. The summed E-state index contributed by atoms with van der Waals surface area (Å²) < 4.78 is 18.8. The number of hydrogen-bond acceptors (Lipinski definition) is 5. The van der Waals surface area contributed by atoms with Crippen molar-refractivity contribution >= 4 is 5.97 Å². The van der Waals surface area contributed by atoms with Crippen molar-refractivity contribution in [3.63, 3.8) is 0 Å². The van der Waals surface area contributed by atoms with Gasteiger partial charge in [-0.1, -0.05) is 38.3 Å². The number of aryl methyl sites for hydroxylation is 1. The standard InChI is InChI=1S/C24H22FN3O2/c1-2-3-4-5-6-17-15-27-23(28-16-17)18-7-9-19(10-8-18)24(29)30-21-12-11-20(14-26)22(25)13-21/h7-13,15-16H,2-6H2,1H3. The minimum Gasteiger partial charge on any atom is -0.423 e. The maximum Gasteiger partial charge on any atom is 0.343 e. The van der Waals surface area contributed by atoms with Crippen molar-refractivity contribution in [3.05, 3.63) is 77.4 Å². The topological polar surface area (TPSA) is 75.9 Å². The number of aromatic nitrogens is 2. The third kappa shape index (κ3) is 5.48. The first-order valence-corrected chi connectivity index (χ1v) is 9.94. The fourth-order valence-electron chi connectivity index (χ4n) is 2.96. The normalized spacial score (nSPS) is 10.4. The van der Waals surface area contributed by atoms with Gasteiger partial charge in [-0.05, 0) is 42.7 Å². The Kier molecular flexibility index (Phi) is 7.23. The van der Waals surface area contributed by atoms with E-state index in [2.05, 4.69) is 16.9 Å². The Morgan fingerprint density at radius 3 is 2.43 bits per heavy atom. The average molecular weight is 403 g/mol. The Morgan fingerprint density at radius 1 is 1.07 bits per heavy atom. The lowest BCUT2D eigenvalue weighted by atomic mass is 10.1. The van der Waals surface area contributed by atoms with Crippen molar-refractivity contribution in [2.24, 2.45) is 0 Å². The van der Waals surface area contributed by atoms with Crippen molar-refractivity contribution in [2.45, 2.75) is 39.0 Å². The molecule has 3 aromatic rings. The van der Waals surface area contributed by atoms with Crippen molar-refractivity contribution in [3.8, 4) is 23.2 Å². The molecule has 0 unspecified atom stereocenters. The van der Waals surface area contributed by atoms with E-state index in [9.17, 15) is 9.18 Å².